The zero-order valence-corrected chi connectivity index (χ0v) is 13.7. The molecule has 0 radical (unpaired) electrons. The van der Waals surface area contributed by atoms with Gasteiger partial charge in [-0.1, -0.05) is 64.2 Å². The molecular formula is C17H37NO. The molecule has 0 aliphatic rings. The summed E-state index contributed by atoms with van der Waals surface area (Å²) in [6.45, 7) is 3.13. The third-order valence-electron chi connectivity index (χ3n) is 3.73. The number of unbranched alkanes of at least 4 members (excludes halogenated alkanes) is 10. The highest BCUT2D eigenvalue weighted by Crippen LogP contribution is 2.12. The lowest BCUT2D eigenvalue weighted by Crippen LogP contribution is -2.12. The predicted octanol–water partition coefficient (Wildman–Crippen LogP) is 4.61. The zero-order chi connectivity index (χ0) is 14.3. The van der Waals surface area contributed by atoms with Gasteiger partial charge >= 0.3 is 0 Å². The maximum atomic E-state index is 9.14. The minimum absolute atomic E-state index is 0.104. The Morgan fingerprint density at radius 3 is 1.42 bits per heavy atom. The monoisotopic (exact) mass is 271 g/mol. The van der Waals surface area contributed by atoms with Crippen LogP contribution in [-0.2, 0) is 0 Å². The van der Waals surface area contributed by atoms with Crippen molar-refractivity contribution in [2.45, 2.75) is 90.1 Å². The van der Waals surface area contributed by atoms with E-state index in [0.717, 1.165) is 6.42 Å². The van der Waals surface area contributed by atoms with E-state index in [1.54, 1.807) is 0 Å². The molecule has 0 aromatic carbocycles. The summed E-state index contributed by atoms with van der Waals surface area (Å²) in [5.74, 6) is 0. The lowest BCUT2D eigenvalue weighted by atomic mass is 10.0. The highest BCUT2D eigenvalue weighted by atomic mass is 16.3. The normalized spacial score (nSPS) is 13.1. The summed E-state index contributed by atoms with van der Waals surface area (Å²) in [7, 11) is 4.31. The van der Waals surface area contributed by atoms with E-state index in [4.69, 9.17) is 5.11 Å². The minimum Gasteiger partial charge on any atom is -0.393 e. The Balaban J connectivity index is 2.95. The minimum atomic E-state index is -0.104. The molecule has 0 bridgehead atoms. The van der Waals surface area contributed by atoms with Gasteiger partial charge in [0.1, 0.15) is 0 Å². The molecule has 19 heavy (non-hydrogen) atoms. The first-order valence-corrected chi connectivity index (χ1v) is 8.45. The van der Waals surface area contributed by atoms with Crippen LogP contribution in [0.25, 0.3) is 0 Å². The van der Waals surface area contributed by atoms with Gasteiger partial charge in [0.15, 0.2) is 0 Å². The van der Waals surface area contributed by atoms with Crippen molar-refractivity contribution in [1.82, 2.24) is 4.90 Å². The van der Waals surface area contributed by atoms with Gasteiger partial charge in [0, 0.05) is 0 Å². The Hall–Kier alpha value is -0.0800. The smallest absolute Gasteiger partial charge is 0.0512 e. The van der Waals surface area contributed by atoms with Crippen LogP contribution >= 0.6 is 0 Å². The molecule has 0 saturated carbocycles. The fraction of sp³-hybridized carbons (Fsp3) is 1.00. The first kappa shape index (κ1) is 18.9. The molecule has 116 valence electrons. The molecule has 0 aromatic heterocycles. The van der Waals surface area contributed by atoms with Crippen LogP contribution in [0, 0.1) is 0 Å². The van der Waals surface area contributed by atoms with Crippen molar-refractivity contribution in [2.24, 2.45) is 0 Å². The molecule has 1 unspecified atom stereocenters. The molecule has 0 aromatic rings. The molecule has 0 aliphatic heterocycles. The summed E-state index contributed by atoms with van der Waals surface area (Å²) >= 11 is 0. The predicted molar refractivity (Wildman–Crippen MR) is 85.6 cm³/mol. The van der Waals surface area contributed by atoms with E-state index in [1.165, 1.54) is 77.2 Å². The molecule has 0 aliphatic carbocycles. The number of hydrogen-bond acceptors (Lipinski definition) is 2. The quantitative estimate of drug-likeness (QED) is 0.466. The fourth-order valence-electron chi connectivity index (χ4n) is 2.46. The summed E-state index contributed by atoms with van der Waals surface area (Å²) in [6.07, 6.45) is 16.0. The molecule has 1 atom stereocenters. The lowest BCUT2D eigenvalue weighted by molar-refractivity contribution is 0.180. The Labute approximate surface area is 121 Å². The van der Waals surface area contributed by atoms with Gasteiger partial charge in [-0.05, 0) is 40.4 Å². The molecular weight excluding hydrogens is 234 g/mol. The molecule has 0 spiro atoms. The molecule has 2 heteroatoms. The van der Waals surface area contributed by atoms with Gasteiger partial charge in [0.2, 0.25) is 0 Å². The first-order valence-electron chi connectivity index (χ1n) is 8.45. The van der Waals surface area contributed by atoms with Gasteiger partial charge < -0.3 is 10.0 Å². The Morgan fingerprint density at radius 2 is 1.05 bits per heavy atom. The van der Waals surface area contributed by atoms with E-state index in [-0.39, 0.29) is 6.10 Å². The third kappa shape index (κ3) is 17.9. The van der Waals surface area contributed by atoms with Crippen LogP contribution in [0.4, 0.5) is 0 Å². The van der Waals surface area contributed by atoms with Crippen molar-refractivity contribution in [2.75, 3.05) is 20.6 Å². The SMILES string of the molecule is CC(O)CCCCCCCCCCCCCN(C)C. The third-order valence-corrected chi connectivity index (χ3v) is 3.73. The van der Waals surface area contributed by atoms with E-state index in [2.05, 4.69) is 19.0 Å². The van der Waals surface area contributed by atoms with Crippen molar-refractivity contribution in [3.8, 4) is 0 Å². The average Bonchev–Trinajstić information content (AvgIpc) is 2.34. The Kier molecular flexibility index (Phi) is 14.3. The second-order valence-corrected chi connectivity index (χ2v) is 6.33. The van der Waals surface area contributed by atoms with Crippen LogP contribution in [0.3, 0.4) is 0 Å². The Bertz CT molecular complexity index is 151. The van der Waals surface area contributed by atoms with Crippen LogP contribution in [-0.4, -0.2) is 36.8 Å². The van der Waals surface area contributed by atoms with E-state index in [9.17, 15) is 0 Å². The van der Waals surface area contributed by atoms with Gasteiger partial charge in [0.05, 0.1) is 6.10 Å². The standard InChI is InChI=1S/C17H37NO/c1-17(19)15-13-11-9-7-5-4-6-8-10-12-14-16-18(2)3/h17,19H,4-16H2,1-3H3. The maximum Gasteiger partial charge on any atom is 0.0512 e. The fourth-order valence-corrected chi connectivity index (χ4v) is 2.46. The largest absolute Gasteiger partial charge is 0.393 e. The summed E-state index contributed by atoms with van der Waals surface area (Å²) in [5.41, 5.74) is 0. The van der Waals surface area contributed by atoms with E-state index < -0.39 is 0 Å². The zero-order valence-electron chi connectivity index (χ0n) is 13.7. The molecule has 0 fully saturated rings. The van der Waals surface area contributed by atoms with E-state index >= 15 is 0 Å². The van der Waals surface area contributed by atoms with Crippen molar-refractivity contribution in [1.29, 1.82) is 0 Å². The van der Waals surface area contributed by atoms with Crippen molar-refractivity contribution in [3.05, 3.63) is 0 Å². The number of nitrogens with zero attached hydrogens (tertiary/aromatic N) is 1. The van der Waals surface area contributed by atoms with Gasteiger partial charge in [0.25, 0.3) is 0 Å². The molecule has 2 nitrogen and oxygen atoms in total. The molecule has 1 N–H and O–H groups in total. The molecule has 0 amide bonds. The van der Waals surface area contributed by atoms with Crippen LogP contribution < -0.4 is 0 Å². The van der Waals surface area contributed by atoms with Gasteiger partial charge in [-0.25, -0.2) is 0 Å². The maximum absolute atomic E-state index is 9.14. The summed E-state index contributed by atoms with van der Waals surface area (Å²) in [4.78, 5) is 2.28. The Morgan fingerprint density at radius 1 is 0.684 bits per heavy atom. The average molecular weight is 271 g/mol. The highest BCUT2D eigenvalue weighted by Gasteiger charge is 1.96. The number of aliphatic hydroxyl groups is 1. The van der Waals surface area contributed by atoms with Crippen molar-refractivity contribution < 1.29 is 5.11 Å². The number of aliphatic hydroxyl groups excluding tert-OH is 1. The van der Waals surface area contributed by atoms with Crippen LogP contribution in [0.1, 0.15) is 84.0 Å². The molecule has 0 saturated heterocycles. The highest BCUT2D eigenvalue weighted by molar-refractivity contribution is 4.51. The van der Waals surface area contributed by atoms with E-state index in [0.29, 0.717) is 0 Å². The van der Waals surface area contributed by atoms with Gasteiger partial charge in [-0.15, -0.1) is 0 Å². The van der Waals surface area contributed by atoms with Crippen LogP contribution in [0.2, 0.25) is 0 Å². The van der Waals surface area contributed by atoms with E-state index in [1.807, 2.05) is 6.92 Å². The molecule has 0 rings (SSSR count). The first-order chi connectivity index (χ1) is 9.13. The topological polar surface area (TPSA) is 23.5 Å². The van der Waals surface area contributed by atoms with Gasteiger partial charge in [-0.3, -0.25) is 0 Å². The van der Waals surface area contributed by atoms with Gasteiger partial charge in [-0.2, -0.15) is 0 Å². The lowest BCUT2D eigenvalue weighted by Gasteiger charge is -2.08. The summed E-state index contributed by atoms with van der Waals surface area (Å²) in [6, 6.07) is 0. The summed E-state index contributed by atoms with van der Waals surface area (Å²) in [5, 5.41) is 9.14. The second-order valence-electron chi connectivity index (χ2n) is 6.33. The van der Waals surface area contributed by atoms with Crippen LogP contribution in [0.5, 0.6) is 0 Å². The van der Waals surface area contributed by atoms with Crippen LogP contribution in [0.15, 0.2) is 0 Å². The second kappa shape index (κ2) is 14.3. The summed E-state index contributed by atoms with van der Waals surface area (Å²) < 4.78 is 0. The van der Waals surface area contributed by atoms with Crippen molar-refractivity contribution >= 4 is 0 Å². The molecule has 0 heterocycles. The number of hydrogen-bond donors (Lipinski definition) is 1. The van der Waals surface area contributed by atoms with Crippen molar-refractivity contribution in [3.63, 3.8) is 0 Å². The number of rotatable bonds is 14.